The van der Waals surface area contributed by atoms with Crippen LogP contribution >= 0.6 is 11.8 Å². The summed E-state index contributed by atoms with van der Waals surface area (Å²) in [5.74, 6) is -2.60. The van der Waals surface area contributed by atoms with Gasteiger partial charge in [-0.3, -0.25) is 14.4 Å². The number of carbonyl (C=O) groups is 3. The van der Waals surface area contributed by atoms with E-state index in [9.17, 15) is 14.4 Å². The summed E-state index contributed by atoms with van der Waals surface area (Å²) >= 11 is 1.40. The molecule has 6 heteroatoms. The normalized spacial score (nSPS) is 10.2. The van der Waals surface area contributed by atoms with Gasteiger partial charge in [0.25, 0.3) is 0 Å². The topological polar surface area (TPSA) is 69.7 Å². The van der Waals surface area contributed by atoms with E-state index in [4.69, 9.17) is 9.47 Å². The molecule has 0 rings (SSSR count). The van der Waals surface area contributed by atoms with Crippen molar-refractivity contribution in [1.29, 1.82) is 0 Å². The van der Waals surface area contributed by atoms with E-state index in [1.165, 1.54) is 11.8 Å². The smallest absolute Gasteiger partial charge is 0.328 e. The number of carbonyl (C=O) groups excluding carboxylic acids is 3. The van der Waals surface area contributed by atoms with E-state index in [2.05, 4.69) is 0 Å². The first-order chi connectivity index (χ1) is 8.58. The number of hydrogen-bond acceptors (Lipinski definition) is 6. The minimum atomic E-state index is -1.44. The summed E-state index contributed by atoms with van der Waals surface area (Å²) in [4.78, 5) is 35.0. The molecule has 0 atom stereocenters. The van der Waals surface area contributed by atoms with E-state index in [0.29, 0.717) is 0 Å². The lowest BCUT2D eigenvalue weighted by molar-refractivity contribution is -0.163. The first kappa shape index (κ1) is 17.0. The van der Waals surface area contributed by atoms with Gasteiger partial charge in [0.2, 0.25) is 5.92 Å². The van der Waals surface area contributed by atoms with E-state index in [1.807, 2.05) is 6.92 Å². The van der Waals surface area contributed by atoms with Crippen LogP contribution in [-0.4, -0.2) is 42.4 Å². The molecule has 0 bridgehead atoms. The Kier molecular flexibility index (Phi) is 9.36. The van der Waals surface area contributed by atoms with E-state index in [-0.39, 0.29) is 19.0 Å². The van der Waals surface area contributed by atoms with Crippen molar-refractivity contribution in [3.8, 4) is 0 Å². The molecule has 0 aliphatic carbocycles. The summed E-state index contributed by atoms with van der Waals surface area (Å²) in [5.41, 5.74) is 0. The summed E-state index contributed by atoms with van der Waals surface area (Å²) in [7, 11) is 0. The Morgan fingerprint density at radius 2 is 1.50 bits per heavy atom. The van der Waals surface area contributed by atoms with E-state index >= 15 is 0 Å². The summed E-state index contributed by atoms with van der Waals surface area (Å²) in [6.45, 7) is 5.49. The van der Waals surface area contributed by atoms with Gasteiger partial charge in [-0.2, -0.15) is 11.8 Å². The highest BCUT2D eigenvalue weighted by atomic mass is 32.2. The van der Waals surface area contributed by atoms with E-state index < -0.39 is 23.6 Å². The van der Waals surface area contributed by atoms with E-state index in [1.54, 1.807) is 13.8 Å². The first-order valence-corrected chi connectivity index (χ1v) is 7.17. The van der Waals surface area contributed by atoms with Crippen LogP contribution in [0.2, 0.25) is 0 Å². The Morgan fingerprint density at radius 3 is 1.89 bits per heavy atom. The molecule has 18 heavy (non-hydrogen) atoms. The van der Waals surface area contributed by atoms with E-state index in [0.717, 1.165) is 12.2 Å². The number of hydrogen-bond donors (Lipinski definition) is 0. The molecule has 0 saturated heterocycles. The molecule has 5 nitrogen and oxygen atoms in total. The van der Waals surface area contributed by atoms with Crippen LogP contribution in [0.25, 0.3) is 0 Å². The van der Waals surface area contributed by atoms with Crippen molar-refractivity contribution in [1.82, 2.24) is 0 Å². The highest BCUT2D eigenvalue weighted by Gasteiger charge is 2.36. The number of Topliss-reactive ketones (excluding diaryl/α,β-unsaturated/α-hetero) is 1. The monoisotopic (exact) mass is 276 g/mol. The van der Waals surface area contributed by atoms with Crippen molar-refractivity contribution < 1.29 is 23.9 Å². The van der Waals surface area contributed by atoms with Gasteiger partial charge in [0.1, 0.15) is 0 Å². The van der Waals surface area contributed by atoms with Crippen molar-refractivity contribution in [2.45, 2.75) is 27.2 Å². The Balaban J connectivity index is 4.58. The highest BCUT2D eigenvalue weighted by Crippen LogP contribution is 2.11. The van der Waals surface area contributed by atoms with Gasteiger partial charge in [-0.1, -0.05) is 6.92 Å². The molecule has 0 saturated carbocycles. The lowest BCUT2D eigenvalue weighted by Gasteiger charge is -2.13. The highest BCUT2D eigenvalue weighted by molar-refractivity contribution is 7.99. The third-order valence-electron chi connectivity index (χ3n) is 1.96. The number of rotatable bonds is 9. The summed E-state index contributed by atoms with van der Waals surface area (Å²) in [6, 6.07) is 0. The second-order valence-corrected chi connectivity index (χ2v) is 4.56. The molecule has 104 valence electrons. The Hall–Kier alpha value is -1.04. The van der Waals surface area contributed by atoms with Crippen molar-refractivity contribution >= 4 is 29.5 Å². The molecule has 0 aromatic carbocycles. The fourth-order valence-electron chi connectivity index (χ4n) is 1.21. The number of thioether (sulfide) groups is 1. The molecule has 0 aromatic heterocycles. The average molecular weight is 276 g/mol. The van der Waals surface area contributed by atoms with Crippen molar-refractivity contribution in [3.63, 3.8) is 0 Å². The van der Waals surface area contributed by atoms with Crippen LogP contribution in [-0.2, 0) is 23.9 Å². The van der Waals surface area contributed by atoms with Gasteiger partial charge in [-0.15, -0.1) is 0 Å². The standard InChI is InChI=1S/C12H20O5S/c1-4-7-18-8-9(13)10(11(14)16-5-2)12(15)17-6-3/h10H,4-8H2,1-3H3. The molecule has 0 N–H and O–H groups in total. The van der Waals surface area contributed by atoms with Crippen molar-refractivity contribution in [2.75, 3.05) is 24.7 Å². The zero-order chi connectivity index (χ0) is 14.0. The van der Waals surface area contributed by atoms with Gasteiger partial charge >= 0.3 is 11.9 Å². The molecule has 0 heterocycles. The van der Waals surface area contributed by atoms with Crippen LogP contribution in [0.15, 0.2) is 0 Å². The number of ketones is 1. The Labute approximate surface area is 112 Å². The lowest BCUT2D eigenvalue weighted by atomic mass is 10.1. The summed E-state index contributed by atoms with van der Waals surface area (Å²) < 4.78 is 9.46. The molecule has 0 aliphatic heterocycles. The summed E-state index contributed by atoms with van der Waals surface area (Å²) in [6.07, 6.45) is 0.932. The maximum absolute atomic E-state index is 11.8. The molecule has 0 aromatic rings. The lowest BCUT2D eigenvalue weighted by Crippen LogP contribution is -2.36. The maximum Gasteiger partial charge on any atom is 0.328 e. The predicted molar refractivity (Wildman–Crippen MR) is 69.4 cm³/mol. The molecule has 0 amide bonds. The Bertz CT molecular complexity index is 272. The predicted octanol–water partition coefficient (Wildman–Crippen LogP) is 1.44. The average Bonchev–Trinajstić information content (AvgIpc) is 2.30. The fraction of sp³-hybridized carbons (Fsp3) is 0.750. The van der Waals surface area contributed by atoms with Crippen LogP contribution in [0.3, 0.4) is 0 Å². The third-order valence-corrected chi connectivity index (χ3v) is 3.14. The summed E-state index contributed by atoms with van der Waals surface area (Å²) in [5, 5.41) is 0. The molecule has 0 radical (unpaired) electrons. The Morgan fingerprint density at radius 1 is 1.00 bits per heavy atom. The number of esters is 2. The van der Waals surface area contributed by atoms with Gasteiger partial charge < -0.3 is 9.47 Å². The zero-order valence-corrected chi connectivity index (χ0v) is 11.9. The van der Waals surface area contributed by atoms with Gasteiger partial charge in [-0.25, -0.2) is 0 Å². The third kappa shape index (κ3) is 6.05. The first-order valence-electron chi connectivity index (χ1n) is 6.02. The van der Waals surface area contributed by atoms with Gasteiger partial charge in [0.15, 0.2) is 5.78 Å². The second-order valence-electron chi connectivity index (χ2n) is 3.46. The van der Waals surface area contributed by atoms with Crippen LogP contribution in [0, 0.1) is 5.92 Å². The van der Waals surface area contributed by atoms with Crippen molar-refractivity contribution in [2.24, 2.45) is 5.92 Å². The van der Waals surface area contributed by atoms with Gasteiger partial charge in [-0.05, 0) is 26.0 Å². The minimum Gasteiger partial charge on any atom is -0.465 e. The van der Waals surface area contributed by atoms with Crippen LogP contribution in [0.1, 0.15) is 27.2 Å². The largest absolute Gasteiger partial charge is 0.465 e. The quantitative estimate of drug-likeness (QED) is 0.360. The molecule has 0 fully saturated rings. The maximum atomic E-state index is 11.8. The van der Waals surface area contributed by atoms with Crippen LogP contribution in [0.4, 0.5) is 0 Å². The van der Waals surface area contributed by atoms with Gasteiger partial charge in [0, 0.05) is 0 Å². The fourth-order valence-corrected chi connectivity index (χ4v) is 2.01. The van der Waals surface area contributed by atoms with Crippen LogP contribution in [0.5, 0.6) is 0 Å². The van der Waals surface area contributed by atoms with Crippen LogP contribution < -0.4 is 0 Å². The molecular weight excluding hydrogens is 256 g/mol. The molecular formula is C12H20O5S. The minimum absolute atomic E-state index is 0.121. The molecule has 0 unspecified atom stereocenters. The SMILES string of the molecule is CCCSCC(=O)C(C(=O)OCC)C(=O)OCC. The van der Waals surface area contributed by atoms with Crippen molar-refractivity contribution in [3.05, 3.63) is 0 Å². The second kappa shape index (κ2) is 9.94. The zero-order valence-electron chi connectivity index (χ0n) is 11.1. The number of ether oxygens (including phenoxy) is 2. The molecule has 0 aliphatic rings. The molecule has 0 spiro atoms. The van der Waals surface area contributed by atoms with Gasteiger partial charge in [0.05, 0.1) is 19.0 Å².